The number of fused-ring (bicyclic) bond motifs is 1. The number of aromatic nitrogens is 3. The van der Waals surface area contributed by atoms with Gasteiger partial charge in [-0.2, -0.15) is 0 Å². The predicted molar refractivity (Wildman–Crippen MR) is 121 cm³/mol. The second-order valence-corrected chi connectivity index (χ2v) is 7.78. The number of hydrogen-bond acceptors (Lipinski definition) is 5. The van der Waals surface area contributed by atoms with Crippen molar-refractivity contribution < 1.29 is 18.7 Å². The third-order valence-electron chi connectivity index (χ3n) is 5.52. The van der Waals surface area contributed by atoms with Gasteiger partial charge in [0, 0.05) is 23.5 Å². The molecule has 0 N–H and O–H groups in total. The van der Waals surface area contributed by atoms with Gasteiger partial charge in [-0.1, -0.05) is 24.3 Å². The third kappa shape index (κ3) is 4.74. The summed E-state index contributed by atoms with van der Waals surface area (Å²) in [6.07, 6.45) is 1.29. The quantitative estimate of drug-likeness (QED) is 0.320. The molecule has 4 rings (SSSR count). The molecule has 2 aromatic heterocycles. The smallest absolute Gasteiger partial charge is 0.326 e. The lowest BCUT2D eigenvalue weighted by atomic mass is 10.1. The maximum absolute atomic E-state index is 13.2. The van der Waals surface area contributed by atoms with Crippen molar-refractivity contribution in [2.75, 3.05) is 6.61 Å². The van der Waals surface area contributed by atoms with Crippen LogP contribution in [0.4, 0.5) is 4.39 Å². The number of nitrogens with zero attached hydrogens (tertiary/aromatic N) is 3. The summed E-state index contributed by atoms with van der Waals surface area (Å²) in [5, 5.41) is 0.400. The van der Waals surface area contributed by atoms with E-state index in [2.05, 4.69) is 4.98 Å². The van der Waals surface area contributed by atoms with Gasteiger partial charge in [0.2, 0.25) is 5.78 Å². The normalized spacial score (nSPS) is 11.0. The Morgan fingerprint density at radius 2 is 1.79 bits per heavy atom. The zero-order valence-electron chi connectivity index (χ0n) is 18.2. The largest absolute Gasteiger partial charge is 0.456 e. The van der Waals surface area contributed by atoms with Crippen LogP contribution in [0.25, 0.3) is 10.9 Å². The minimum Gasteiger partial charge on any atom is -0.456 e. The molecule has 0 saturated heterocycles. The van der Waals surface area contributed by atoms with Crippen LogP contribution < -0.4 is 5.56 Å². The van der Waals surface area contributed by atoms with Gasteiger partial charge in [0.25, 0.3) is 5.56 Å². The molecule has 4 aromatic rings. The molecule has 2 aromatic carbocycles. The number of carbonyl (C=O) groups excluding carboxylic acids is 2. The van der Waals surface area contributed by atoms with Crippen LogP contribution in [0.1, 0.15) is 27.3 Å². The van der Waals surface area contributed by atoms with E-state index in [1.165, 1.54) is 18.5 Å². The fourth-order valence-corrected chi connectivity index (χ4v) is 3.73. The molecule has 8 heteroatoms. The molecule has 0 spiro atoms. The van der Waals surface area contributed by atoms with E-state index >= 15 is 0 Å². The van der Waals surface area contributed by atoms with Gasteiger partial charge in [-0.05, 0) is 49.7 Å². The van der Waals surface area contributed by atoms with Crippen molar-refractivity contribution in [2.24, 2.45) is 0 Å². The molecule has 0 saturated carbocycles. The van der Waals surface area contributed by atoms with E-state index in [0.717, 1.165) is 21.5 Å². The number of benzene rings is 2. The maximum Gasteiger partial charge on any atom is 0.326 e. The van der Waals surface area contributed by atoms with Gasteiger partial charge in [0.1, 0.15) is 12.4 Å². The molecule has 0 aliphatic rings. The van der Waals surface area contributed by atoms with E-state index in [-0.39, 0.29) is 23.7 Å². The molecular weight excluding hydrogens is 425 g/mol. The molecule has 0 unspecified atom stereocenters. The van der Waals surface area contributed by atoms with Gasteiger partial charge in [-0.3, -0.25) is 19.0 Å². The third-order valence-corrected chi connectivity index (χ3v) is 5.52. The number of para-hydroxylation sites is 1. The van der Waals surface area contributed by atoms with Gasteiger partial charge in [0.05, 0.1) is 17.2 Å². The average Bonchev–Trinajstić information content (AvgIpc) is 3.09. The highest BCUT2D eigenvalue weighted by Crippen LogP contribution is 2.18. The molecule has 2 heterocycles. The zero-order chi connectivity index (χ0) is 23.5. The maximum atomic E-state index is 13.2. The number of carbonyl (C=O) groups is 2. The van der Waals surface area contributed by atoms with Crippen LogP contribution >= 0.6 is 0 Å². The fourth-order valence-electron chi connectivity index (χ4n) is 3.73. The summed E-state index contributed by atoms with van der Waals surface area (Å²) in [4.78, 5) is 41.6. The second-order valence-electron chi connectivity index (χ2n) is 7.78. The molecule has 168 valence electrons. The first kappa shape index (κ1) is 22.1. The van der Waals surface area contributed by atoms with Crippen molar-refractivity contribution in [2.45, 2.75) is 26.9 Å². The highest BCUT2D eigenvalue weighted by atomic mass is 19.1. The average molecular weight is 447 g/mol. The lowest BCUT2D eigenvalue weighted by Gasteiger charge is -2.10. The Hall–Kier alpha value is -4.07. The second kappa shape index (κ2) is 9.20. The molecule has 0 bridgehead atoms. The Kier molecular flexibility index (Phi) is 6.17. The predicted octanol–water partition coefficient (Wildman–Crippen LogP) is 3.43. The molecule has 0 fully saturated rings. The Morgan fingerprint density at radius 1 is 1.06 bits per heavy atom. The minimum absolute atomic E-state index is 0.306. The van der Waals surface area contributed by atoms with Crippen molar-refractivity contribution in [1.82, 2.24) is 14.1 Å². The summed E-state index contributed by atoms with van der Waals surface area (Å²) in [7, 11) is 0. The Balaban J connectivity index is 1.41. The van der Waals surface area contributed by atoms with Crippen LogP contribution in [0.2, 0.25) is 0 Å². The van der Waals surface area contributed by atoms with Gasteiger partial charge in [-0.25, -0.2) is 9.37 Å². The van der Waals surface area contributed by atoms with Crippen LogP contribution in [0, 0.1) is 19.7 Å². The Bertz CT molecular complexity index is 1400. The van der Waals surface area contributed by atoms with Gasteiger partial charge in [0.15, 0.2) is 6.61 Å². The van der Waals surface area contributed by atoms with Crippen molar-refractivity contribution in [1.29, 1.82) is 0 Å². The zero-order valence-corrected chi connectivity index (χ0v) is 18.2. The summed E-state index contributed by atoms with van der Waals surface area (Å²) in [5.74, 6) is -1.35. The molecule has 0 aliphatic carbocycles. The summed E-state index contributed by atoms with van der Waals surface area (Å²) in [6.45, 7) is 3.40. The lowest BCUT2D eigenvalue weighted by Crippen LogP contribution is -2.26. The minimum atomic E-state index is -0.706. The van der Waals surface area contributed by atoms with E-state index in [9.17, 15) is 18.8 Å². The molecule has 0 atom stereocenters. The first-order valence-electron chi connectivity index (χ1n) is 10.4. The van der Waals surface area contributed by atoms with E-state index < -0.39 is 12.6 Å². The van der Waals surface area contributed by atoms with Crippen molar-refractivity contribution in [3.8, 4) is 0 Å². The standard InChI is InChI=1S/C25H22FN3O4/c1-16-11-21(17(2)29(16)12-18-7-9-19(26)10-8-18)23(30)14-33-24(31)13-28-15-27-22-6-4-3-5-20(22)25(28)32/h3-11,15H,12-14H2,1-2H3. The monoisotopic (exact) mass is 447 g/mol. The van der Waals surface area contributed by atoms with Crippen LogP contribution in [0.15, 0.2) is 65.7 Å². The van der Waals surface area contributed by atoms with Crippen molar-refractivity contribution >= 4 is 22.7 Å². The number of Topliss-reactive ketones (excluding diaryl/α,β-unsaturated/α-hetero) is 1. The van der Waals surface area contributed by atoms with E-state index in [0.29, 0.717) is 23.0 Å². The summed E-state index contributed by atoms with van der Waals surface area (Å²) in [5.41, 5.74) is 3.13. The number of aryl methyl sites for hydroxylation is 1. The number of ether oxygens (including phenoxy) is 1. The Morgan fingerprint density at radius 3 is 2.55 bits per heavy atom. The van der Waals surface area contributed by atoms with E-state index in [1.54, 1.807) is 42.5 Å². The van der Waals surface area contributed by atoms with E-state index in [1.807, 2.05) is 18.4 Å². The van der Waals surface area contributed by atoms with Gasteiger partial charge in [-0.15, -0.1) is 0 Å². The molecule has 0 radical (unpaired) electrons. The summed E-state index contributed by atoms with van der Waals surface area (Å²) >= 11 is 0. The molecule has 0 amide bonds. The van der Waals surface area contributed by atoms with Crippen LogP contribution in [0.5, 0.6) is 0 Å². The first-order chi connectivity index (χ1) is 15.8. The first-order valence-corrected chi connectivity index (χ1v) is 10.4. The number of rotatable bonds is 7. The van der Waals surface area contributed by atoms with E-state index in [4.69, 9.17) is 4.74 Å². The number of esters is 1. The number of hydrogen-bond donors (Lipinski definition) is 0. The highest BCUT2D eigenvalue weighted by molar-refractivity contribution is 5.99. The molecular formula is C25H22FN3O4. The SMILES string of the molecule is Cc1cc(C(=O)COC(=O)Cn2cnc3ccccc3c2=O)c(C)n1Cc1ccc(F)cc1. The van der Waals surface area contributed by atoms with Crippen LogP contribution in [-0.4, -0.2) is 32.5 Å². The summed E-state index contributed by atoms with van der Waals surface area (Å²) < 4.78 is 21.4. The summed E-state index contributed by atoms with van der Waals surface area (Å²) in [6, 6.07) is 14.8. The fraction of sp³-hybridized carbons (Fsp3) is 0.200. The van der Waals surface area contributed by atoms with Crippen LogP contribution in [0.3, 0.4) is 0 Å². The number of ketones is 1. The van der Waals surface area contributed by atoms with Crippen molar-refractivity contribution in [3.63, 3.8) is 0 Å². The molecule has 7 nitrogen and oxygen atoms in total. The van der Waals surface area contributed by atoms with Crippen molar-refractivity contribution in [3.05, 3.63) is 99.6 Å². The van der Waals surface area contributed by atoms with Gasteiger partial charge >= 0.3 is 5.97 Å². The molecule has 33 heavy (non-hydrogen) atoms. The van der Waals surface area contributed by atoms with Crippen LogP contribution in [-0.2, 0) is 22.6 Å². The van der Waals surface area contributed by atoms with Gasteiger partial charge < -0.3 is 9.30 Å². The highest BCUT2D eigenvalue weighted by Gasteiger charge is 2.18. The Labute approximate surface area is 189 Å². The lowest BCUT2D eigenvalue weighted by molar-refractivity contribution is -0.143. The molecule has 0 aliphatic heterocycles. The number of halogens is 1. The topological polar surface area (TPSA) is 83.2 Å².